The average Bonchev–Trinajstić information content (AvgIpc) is 3.06. The molecule has 0 aliphatic carbocycles. The van der Waals surface area contributed by atoms with Gasteiger partial charge >= 0.3 is 5.76 Å². The summed E-state index contributed by atoms with van der Waals surface area (Å²) >= 11 is 0. The lowest BCUT2D eigenvalue weighted by Crippen LogP contribution is -2.31. The van der Waals surface area contributed by atoms with Crippen LogP contribution in [0, 0.1) is 0 Å². The number of oxazole rings is 1. The van der Waals surface area contributed by atoms with Crippen LogP contribution in [0.2, 0.25) is 0 Å². The van der Waals surface area contributed by atoms with E-state index in [-0.39, 0.29) is 11.4 Å². The molecule has 1 aliphatic rings. The quantitative estimate of drug-likeness (QED) is 0.676. The molecule has 0 bridgehead atoms. The molecule has 2 aromatic heterocycles. The van der Waals surface area contributed by atoms with Crippen molar-refractivity contribution in [3.8, 4) is 0 Å². The van der Waals surface area contributed by atoms with Gasteiger partial charge in [-0.2, -0.15) is 0 Å². The summed E-state index contributed by atoms with van der Waals surface area (Å²) in [4.78, 5) is 24.5. The lowest BCUT2D eigenvalue weighted by atomic mass is 10.1. The fraction of sp³-hybridized carbons (Fsp3) is 0.353. The molecular weight excluding hydrogens is 370 g/mol. The maximum atomic E-state index is 12.5. The Morgan fingerprint density at radius 1 is 1.19 bits per heavy atom. The number of sulfonamides is 1. The summed E-state index contributed by atoms with van der Waals surface area (Å²) in [5, 5.41) is 0. The van der Waals surface area contributed by atoms with Crippen molar-refractivity contribution in [2.24, 2.45) is 0 Å². The number of aromatic amines is 1. The number of aromatic nitrogens is 3. The first-order valence-corrected chi connectivity index (χ1v) is 10.2. The van der Waals surface area contributed by atoms with Gasteiger partial charge in [-0.25, -0.2) is 27.9 Å². The van der Waals surface area contributed by atoms with Crippen molar-refractivity contribution in [3.63, 3.8) is 0 Å². The minimum Gasteiger partial charge on any atom is -0.408 e. The Bertz CT molecular complexity index is 1120. The maximum absolute atomic E-state index is 12.5. The summed E-state index contributed by atoms with van der Waals surface area (Å²) in [5.74, 6) is 0.589. The van der Waals surface area contributed by atoms with E-state index in [0.29, 0.717) is 16.9 Å². The van der Waals surface area contributed by atoms with E-state index in [4.69, 9.17) is 4.42 Å². The molecule has 0 spiro atoms. The SMILES string of the molecule is O=c1[nH]c2cc(S(=O)(=O)NCc3nccc(N4CCCCC4)n3)ccc2o1. The molecule has 3 heterocycles. The van der Waals surface area contributed by atoms with Gasteiger partial charge in [0.25, 0.3) is 0 Å². The highest BCUT2D eigenvalue weighted by molar-refractivity contribution is 7.89. The highest BCUT2D eigenvalue weighted by Gasteiger charge is 2.17. The first-order valence-electron chi connectivity index (χ1n) is 8.71. The van der Waals surface area contributed by atoms with Gasteiger partial charge in [0.15, 0.2) is 5.58 Å². The lowest BCUT2D eigenvalue weighted by molar-refractivity contribution is 0.555. The van der Waals surface area contributed by atoms with Gasteiger partial charge in [0.05, 0.1) is 17.0 Å². The van der Waals surface area contributed by atoms with Crippen molar-refractivity contribution in [1.82, 2.24) is 19.7 Å². The van der Waals surface area contributed by atoms with E-state index in [1.54, 1.807) is 6.20 Å². The van der Waals surface area contributed by atoms with E-state index in [9.17, 15) is 13.2 Å². The summed E-state index contributed by atoms with van der Waals surface area (Å²) in [6, 6.07) is 6.02. The van der Waals surface area contributed by atoms with Crippen molar-refractivity contribution in [2.75, 3.05) is 18.0 Å². The van der Waals surface area contributed by atoms with Crippen LogP contribution in [0.1, 0.15) is 25.1 Å². The first-order chi connectivity index (χ1) is 13.0. The number of anilines is 1. The van der Waals surface area contributed by atoms with Crippen molar-refractivity contribution in [3.05, 3.63) is 46.8 Å². The molecule has 0 saturated carbocycles. The van der Waals surface area contributed by atoms with Gasteiger partial charge in [-0.1, -0.05) is 0 Å². The van der Waals surface area contributed by atoms with E-state index in [2.05, 4.69) is 24.6 Å². The molecule has 1 fully saturated rings. The van der Waals surface area contributed by atoms with E-state index in [0.717, 1.165) is 31.7 Å². The third-order valence-corrected chi connectivity index (χ3v) is 5.89. The fourth-order valence-electron chi connectivity index (χ4n) is 3.11. The Kier molecular flexibility index (Phi) is 4.66. The molecule has 27 heavy (non-hydrogen) atoms. The zero-order valence-corrected chi connectivity index (χ0v) is 15.3. The molecule has 1 saturated heterocycles. The number of hydrogen-bond donors (Lipinski definition) is 2. The molecule has 0 amide bonds. The molecular formula is C17H19N5O4S. The molecule has 10 heteroatoms. The highest BCUT2D eigenvalue weighted by atomic mass is 32.2. The Hall–Kier alpha value is -2.72. The standard InChI is InChI=1S/C17H19N5O4S/c23-17-20-13-10-12(4-5-14(13)26-17)27(24,25)19-11-15-18-7-6-16(21-15)22-8-2-1-3-9-22/h4-7,10,19H,1-3,8-9,11H2,(H,20,23). The Balaban J connectivity index is 1.50. The van der Waals surface area contributed by atoms with Crippen LogP contribution in [-0.2, 0) is 16.6 Å². The van der Waals surface area contributed by atoms with E-state index in [1.807, 2.05) is 6.07 Å². The molecule has 0 unspecified atom stereocenters. The zero-order valence-electron chi connectivity index (χ0n) is 14.5. The molecule has 9 nitrogen and oxygen atoms in total. The number of benzene rings is 1. The number of hydrogen-bond acceptors (Lipinski definition) is 7. The number of nitrogens with zero attached hydrogens (tertiary/aromatic N) is 3. The molecule has 0 atom stereocenters. The maximum Gasteiger partial charge on any atom is 0.417 e. The molecule has 3 aromatic rings. The minimum absolute atomic E-state index is 0.0239. The molecule has 1 aliphatic heterocycles. The van der Waals surface area contributed by atoms with Gasteiger partial charge in [-0.15, -0.1) is 0 Å². The number of H-pyrrole nitrogens is 1. The van der Waals surface area contributed by atoms with Gasteiger partial charge in [0.2, 0.25) is 10.0 Å². The molecule has 0 radical (unpaired) electrons. The lowest BCUT2D eigenvalue weighted by Gasteiger charge is -2.27. The van der Waals surface area contributed by atoms with Gasteiger partial charge in [0, 0.05) is 19.3 Å². The summed E-state index contributed by atoms with van der Waals surface area (Å²) in [6.07, 6.45) is 5.12. The minimum atomic E-state index is -3.79. The van der Waals surface area contributed by atoms with Gasteiger partial charge in [-0.05, 0) is 43.5 Å². The average molecular weight is 389 g/mol. The fourth-order valence-corrected chi connectivity index (χ4v) is 4.12. The number of piperidine rings is 1. The molecule has 4 rings (SSSR count). The largest absolute Gasteiger partial charge is 0.417 e. The van der Waals surface area contributed by atoms with Crippen LogP contribution in [-0.4, -0.2) is 36.5 Å². The first kappa shape index (κ1) is 17.7. The number of nitrogens with one attached hydrogen (secondary N) is 2. The van der Waals surface area contributed by atoms with E-state index < -0.39 is 15.8 Å². The highest BCUT2D eigenvalue weighted by Crippen LogP contribution is 2.18. The van der Waals surface area contributed by atoms with Crippen molar-refractivity contribution in [1.29, 1.82) is 0 Å². The topological polar surface area (TPSA) is 121 Å². The summed E-state index contributed by atoms with van der Waals surface area (Å²) < 4.78 is 32.5. The number of fused-ring (bicyclic) bond motifs is 1. The van der Waals surface area contributed by atoms with E-state index in [1.165, 1.54) is 24.6 Å². The van der Waals surface area contributed by atoms with Gasteiger partial charge in [-0.3, -0.25) is 4.98 Å². The molecule has 142 valence electrons. The summed E-state index contributed by atoms with van der Waals surface area (Å²) in [6.45, 7) is 1.88. The smallest absolute Gasteiger partial charge is 0.408 e. The van der Waals surface area contributed by atoms with Crippen LogP contribution in [0.15, 0.2) is 44.6 Å². The normalized spacial score (nSPS) is 15.3. The summed E-state index contributed by atoms with van der Waals surface area (Å²) in [5.41, 5.74) is 0.628. The second kappa shape index (κ2) is 7.12. The second-order valence-electron chi connectivity index (χ2n) is 6.38. The van der Waals surface area contributed by atoms with Crippen LogP contribution in [0.5, 0.6) is 0 Å². The third kappa shape index (κ3) is 3.86. The van der Waals surface area contributed by atoms with Crippen molar-refractivity contribution in [2.45, 2.75) is 30.7 Å². The van der Waals surface area contributed by atoms with Gasteiger partial charge in [0.1, 0.15) is 11.6 Å². The van der Waals surface area contributed by atoms with Crippen LogP contribution in [0.4, 0.5) is 5.82 Å². The van der Waals surface area contributed by atoms with Crippen LogP contribution in [0.25, 0.3) is 11.1 Å². The Morgan fingerprint density at radius 2 is 2.00 bits per heavy atom. The Labute approximate surface area is 155 Å². The predicted molar refractivity (Wildman–Crippen MR) is 99.0 cm³/mol. The van der Waals surface area contributed by atoms with Crippen LogP contribution < -0.4 is 15.4 Å². The van der Waals surface area contributed by atoms with Crippen LogP contribution in [0.3, 0.4) is 0 Å². The van der Waals surface area contributed by atoms with Crippen LogP contribution >= 0.6 is 0 Å². The van der Waals surface area contributed by atoms with Crippen molar-refractivity contribution >= 4 is 26.9 Å². The zero-order chi connectivity index (χ0) is 18.9. The predicted octanol–water partition coefficient (Wildman–Crippen LogP) is 1.38. The van der Waals surface area contributed by atoms with Crippen molar-refractivity contribution < 1.29 is 12.8 Å². The van der Waals surface area contributed by atoms with Gasteiger partial charge < -0.3 is 9.32 Å². The molecule has 2 N–H and O–H groups in total. The Morgan fingerprint density at radius 3 is 2.81 bits per heavy atom. The molecule has 1 aromatic carbocycles. The summed E-state index contributed by atoms with van der Waals surface area (Å²) in [7, 11) is -3.79. The monoisotopic (exact) mass is 389 g/mol. The number of rotatable bonds is 5. The van der Waals surface area contributed by atoms with E-state index >= 15 is 0 Å². The second-order valence-corrected chi connectivity index (χ2v) is 8.14. The third-order valence-electron chi connectivity index (χ3n) is 4.49.